The van der Waals surface area contributed by atoms with Crippen molar-refractivity contribution in [3.8, 4) is 0 Å². The van der Waals surface area contributed by atoms with Gasteiger partial charge in [0.2, 0.25) is 0 Å². The van der Waals surface area contributed by atoms with Crippen molar-refractivity contribution >= 4 is 16.9 Å². The van der Waals surface area contributed by atoms with Gasteiger partial charge in [0.05, 0.1) is 17.1 Å². The van der Waals surface area contributed by atoms with Crippen LogP contribution in [0.25, 0.3) is 11.0 Å². The highest BCUT2D eigenvalue weighted by Gasteiger charge is 2.16. The quantitative estimate of drug-likeness (QED) is 0.878. The molecule has 0 aliphatic rings. The fourth-order valence-electron chi connectivity index (χ4n) is 2.22. The third-order valence-electron chi connectivity index (χ3n) is 3.31. The number of amides is 1. The minimum absolute atomic E-state index is 0.0770. The fourth-order valence-corrected chi connectivity index (χ4v) is 2.22. The second-order valence-corrected chi connectivity index (χ2v) is 5.75. The Morgan fingerprint density at radius 3 is 2.76 bits per heavy atom. The van der Waals surface area contributed by atoms with Gasteiger partial charge in [-0.25, -0.2) is 9.67 Å². The van der Waals surface area contributed by atoms with E-state index in [4.69, 9.17) is 5.73 Å². The second kappa shape index (κ2) is 6.22. The topological polar surface area (TPSA) is 85.8 Å². The number of aryl methyl sites for hydroxylation is 1. The van der Waals surface area contributed by atoms with Crippen molar-refractivity contribution in [1.29, 1.82) is 0 Å². The largest absolute Gasteiger partial charge is 0.352 e. The number of fused-ring (bicyclic) bond motifs is 1. The van der Waals surface area contributed by atoms with Crippen LogP contribution in [0.1, 0.15) is 49.3 Å². The second-order valence-electron chi connectivity index (χ2n) is 5.75. The van der Waals surface area contributed by atoms with E-state index in [0.717, 1.165) is 23.1 Å². The number of aromatic nitrogens is 3. The van der Waals surface area contributed by atoms with Gasteiger partial charge in [-0.15, -0.1) is 0 Å². The smallest absolute Gasteiger partial charge is 0.252 e. The van der Waals surface area contributed by atoms with E-state index in [0.29, 0.717) is 12.1 Å². The van der Waals surface area contributed by atoms with Gasteiger partial charge in [-0.3, -0.25) is 4.79 Å². The Labute approximate surface area is 124 Å². The number of hydrogen-bond donors (Lipinski definition) is 2. The molecule has 0 spiro atoms. The molecule has 1 atom stereocenters. The molecule has 0 bridgehead atoms. The molecule has 6 heteroatoms. The van der Waals surface area contributed by atoms with Gasteiger partial charge in [0.1, 0.15) is 0 Å². The number of nitrogens with two attached hydrogens (primary N) is 1. The number of hydrogen-bond acceptors (Lipinski definition) is 4. The minimum Gasteiger partial charge on any atom is -0.352 e. The highest BCUT2D eigenvalue weighted by molar-refractivity contribution is 6.05. The number of nitrogens with zero attached hydrogens (tertiary/aromatic N) is 3. The Morgan fingerprint density at radius 2 is 2.14 bits per heavy atom. The van der Waals surface area contributed by atoms with E-state index in [-0.39, 0.29) is 18.0 Å². The number of nitrogens with one attached hydrogen (secondary N) is 1. The molecule has 2 heterocycles. The first-order valence-electron chi connectivity index (χ1n) is 7.28. The Kier molecular flexibility index (Phi) is 4.57. The molecular formula is C15H23N5O. The molecule has 0 radical (unpaired) electrons. The van der Waals surface area contributed by atoms with Gasteiger partial charge in [0.25, 0.3) is 5.91 Å². The summed E-state index contributed by atoms with van der Waals surface area (Å²) < 4.78 is 1.83. The van der Waals surface area contributed by atoms with Crippen molar-refractivity contribution in [1.82, 2.24) is 20.1 Å². The molecule has 2 aromatic rings. The van der Waals surface area contributed by atoms with Crippen LogP contribution in [0.5, 0.6) is 0 Å². The van der Waals surface area contributed by atoms with Gasteiger partial charge in [-0.05, 0) is 40.2 Å². The molecule has 0 aliphatic carbocycles. The third-order valence-corrected chi connectivity index (χ3v) is 3.31. The van der Waals surface area contributed by atoms with E-state index in [1.165, 1.54) is 0 Å². The molecule has 1 amide bonds. The van der Waals surface area contributed by atoms with Crippen LogP contribution in [-0.2, 0) is 0 Å². The summed E-state index contributed by atoms with van der Waals surface area (Å²) in [5.41, 5.74) is 7.87. The van der Waals surface area contributed by atoms with E-state index in [1.54, 1.807) is 12.3 Å². The summed E-state index contributed by atoms with van der Waals surface area (Å²) in [6.07, 6.45) is 2.46. The predicted octanol–water partition coefficient (Wildman–Crippen LogP) is 1.79. The fraction of sp³-hybridized carbons (Fsp3) is 0.533. The molecule has 2 rings (SSSR count). The van der Waals surface area contributed by atoms with Crippen LogP contribution < -0.4 is 11.1 Å². The lowest BCUT2D eigenvalue weighted by Crippen LogP contribution is -2.29. The molecule has 1 unspecified atom stereocenters. The molecule has 0 fully saturated rings. The maximum Gasteiger partial charge on any atom is 0.252 e. The molecule has 0 saturated heterocycles. The van der Waals surface area contributed by atoms with Crippen LogP contribution in [0.15, 0.2) is 12.3 Å². The number of carbonyl (C=O) groups is 1. The van der Waals surface area contributed by atoms with Gasteiger partial charge < -0.3 is 11.1 Å². The first kappa shape index (κ1) is 15.4. The van der Waals surface area contributed by atoms with E-state index < -0.39 is 0 Å². The molecule has 6 nitrogen and oxygen atoms in total. The van der Waals surface area contributed by atoms with Crippen LogP contribution in [0, 0.1) is 6.92 Å². The Bertz CT molecular complexity index is 645. The molecule has 3 N–H and O–H groups in total. The lowest BCUT2D eigenvalue weighted by molar-refractivity contribution is 0.0954. The standard InChI is InChI=1S/C15H23N5O/c1-9(2)20-14-13(8-18-20)12(7-11(4)19-14)15(21)17-6-5-10(3)16/h7-10H,5-6,16H2,1-4H3,(H,17,21). The van der Waals surface area contributed by atoms with E-state index in [2.05, 4.69) is 15.4 Å². The average Bonchev–Trinajstić information content (AvgIpc) is 2.80. The molecule has 0 saturated carbocycles. The summed E-state index contributed by atoms with van der Waals surface area (Å²) >= 11 is 0. The van der Waals surface area contributed by atoms with E-state index in [9.17, 15) is 4.79 Å². The summed E-state index contributed by atoms with van der Waals surface area (Å²) in [5.74, 6) is -0.102. The summed E-state index contributed by atoms with van der Waals surface area (Å²) in [5, 5.41) is 8.03. The summed E-state index contributed by atoms with van der Waals surface area (Å²) in [6.45, 7) is 8.46. The van der Waals surface area contributed by atoms with Gasteiger partial charge >= 0.3 is 0 Å². The maximum absolute atomic E-state index is 12.4. The highest BCUT2D eigenvalue weighted by Crippen LogP contribution is 2.20. The van der Waals surface area contributed by atoms with Crippen molar-refractivity contribution in [3.05, 3.63) is 23.5 Å². The van der Waals surface area contributed by atoms with Crippen molar-refractivity contribution in [2.75, 3.05) is 6.54 Å². The normalized spacial score (nSPS) is 12.9. The zero-order valence-electron chi connectivity index (χ0n) is 13.1. The summed E-state index contributed by atoms with van der Waals surface area (Å²) in [4.78, 5) is 16.9. The SMILES string of the molecule is Cc1cc(C(=O)NCCC(C)N)c2cnn(C(C)C)c2n1. The Hall–Kier alpha value is -1.95. The lowest BCUT2D eigenvalue weighted by Gasteiger charge is -2.10. The summed E-state index contributed by atoms with van der Waals surface area (Å²) in [6, 6.07) is 2.08. The van der Waals surface area contributed by atoms with Gasteiger partial charge in [0.15, 0.2) is 5.65 Å². The first-order chi connectivity index (χ1) is 9.90. The molecule has 2 aromatic heterocycles. The molecule has 114 valence electrons. The number of pyridine rings is 1. The van der Waals surface area contributed by atoms with Crippen molar-refractivity contribution < 1.29 is 4.79 Å². The van der Waals surface area contributed by atoms with Crippen molar-refractivity contribution in [3.63, 3.8) is 0 Å². The van der Waals surface area contributed by atoms with E-state index in [1.807, 2.05) is 32.4 Å². The van der Waals surface area contributed by atoms with Gasteiger partial charge in [0, 0.05) is 24.3 Å². The average molecular weight is 289 g/mol. The maximum atomic E-state index is 12.4. The molecular weight excluding hydrogens is 266 g/mol. The zero-order valence-corrected chi connectivity index (χ0v) is 13.1. The minimum atomic E-state index is -0.102. The van der Waals surface area contributed by atoms with Crippen LogP contribution in [0.3, 0.4) is 0 Å². The highest BCUT2D eigenvalue weighted by atomic mass is 16.1. The number of carbonyl (C=O) groups excluding carboxylic acids is 1. The Morgan fingerprint density at radius 1 is 1.43 bits per heavy atom. The predicted molar refractivity (Wildman–Crippen MR) is 83.2 cm³/mol. The zero-order chi connectivity index (χ0) is 15.6. The molecule has 21 heavy (non-hydrogen) atoms. The van der Waals surface area contributed by atoms with Gasteiger partial charge in [-0.1, -0.05) is 0 Å². The third kappa shape index (κ3) is 3.39. The first-order valence-corrected chi connectivity index (χ1v) is 7.28. The summed E-state index contributed by atoms with van der Waals surface area (Å²) in [7, 11) is 0. The van der Waals surface area contributed by atoms with Gasteiger partial charge in [-0.2, -0.15) is 5.10 Å². The van der Waals surface area contributed by atoms with Crippen LogP contribution >= 0.6 is 0 Å². The monoisotopic (exact) mass is 289 g/mol. The van der Waals surface area contributed by atoms with E-state index >= 15 is 0 Å². The molecule has 0 aromatic carbocycles. The van der Waals surface area contributed by atoms with Crippen LogP contribution in [0.2, 0.25) is 0 Å². The van der Waals surface area contributed by atoms with Crippen LogP contribution in [-0.4, -0.2) is 33.3 Å². The van der Waals surface area contributed by atoms with Crippen molar-refractivity contribution in [2.45, 2.75) is 46.2 Å². The molecule has 0 aliphatic heterocycles. The number of rotatable bonds is 5. The van der Waals surface area contributed by atoms with Crippen molar-refractivity contribution in [2.24, 2.45) is 5.73 Å². The lowest BCUT2D eigenvalue weighted by atomic mass is 10.1. The Balaban J connectivity index is 2.33. The van der Waals surface area contributed by atoms with Crippen LogP contribution in [0.4, 0.5) is 0 Å².